The highest BCUT2D eigenvalue weighted by molar-refractivity contribution is 5.86. The van der Waals surface area contributed by atoms with Crippen LogP contribution in [0.25, 0.3) is 11.0 Å². The maximum atomic E-state index is 9.86. The van der Waals surface area contributed by atoms with Gasteiger partial charge >= 0.3 is 0 Å². The zero-order valence-electron chi connectivity index (χ0n) is 13.1. The lowest BCUT2D eigenvalue weighted by Crippen LogP contribution is -2.37. The van der Waals surface area contributed by atoms with Crippen molar-refractivity contribution in [2.45, 2.75) is 43.8 Å². The lowest BCUT2D eigenvalue weighted by atomic mass is 10.0. The molecule has 3 aliphatic rings. The smallest absolute Gasteiger partial charge is 0.163 e. The highest BCUT2D eigenvalue weighted by Crippen LogP contribution is 2.68. The number of anilines is 1. The van der Waals surface area contributed by atoms with Crippen LogP contribution in [0, 0.1) is 11.8 Å². The van der Waals surface area contributed by atoms with Crippen LogP contribution < -0.4 is 5.73 Å². The van der Waals surface area contributed by atoms with Gasteiger partial charge in [0, 0.05) is 18.7 Å². The van der Waals surface area contributed by atoms with E-state index in [1.54, 1.807) is 0 Å². The Morgan fingerprint density at radius 3 is 3.00 bits per heavy atom. The average molecular weight is 316 g/mol. The third kappa shape index (κ3) is 1.55. The van der Waals surface area contributed by atoms with Gasteiger partial charge in [-0.15, -0.1) is 0 Å². The van der Waals surface area contributed by atoms with Gasteiger partial charge in [-0.05, 0) is 32.3 Å². The van der Waals surface area contributed by atoms with Crippen molar-refractivity contribution in [3.8, 4) is 0 Å². The fourth-order valence-electron chi connectivity index (χ4n) is 4.81. The number of fused-ring (bicyclic) bond motifs is 4. The van der Waals surface area contributed by atoms with Gasteiger partial charge in [-0.2, -0.15) is 0 Å². The molecule has 23 heavy (non-hydrogen) atoms. The molecule has 0 radical (unpaired) electrons. The van der Waals surface area contributed by atoms with Gasteiger partial charge in [0.15, 0.2) is 5.79 Å². The van der Waals surface area contributed by atoms with Crippen LogP contribution in [0.3, 0.4) is 0 Å². The zero-order chi connectivity index (χ0) is 16.0. The van der Waals surface area contributed by atoms with Crippen LogP contribution in [0.2, 0.25) is 0 Å². The first kappa shape index (κ1) is 13.7. The van der Waals surface area contributed by atoms with Gasteiger partial charge in [-0.3, -0.25) is 0 Å². The first-order valence-corrected chi connectivity index (χ1v) is 8.02. The summed E-state index contributed by atoms with van der Waals surface area (Å²) in [6.45, 7) is 3.97. The van der Waals surface area contributed by atoms with Crippen LogP contribution >= 0.6 is 0 Å². The van der Waals surface area contributed by atoms with Crippen molar-refractivity contribution in [3.05, 3.63) is 18.6 Å². The van der Waals surface area contributed by atoms with Crippen LogP contribution in [-0.2, 0) is 15.0 Å². The molecular formula is C16H20N4O3. The van der Waals surface area contributed by atoms with Gasteiger partial charge in [0.2, 0.25) is 0 Å². The summed E-state index contributed by atoms with van der Waals surface area (Å²) in [4.78, 5) is 8.49. The molecule has 7 heteroatoms. The summed E-state index contributed by atoms with van der Waals surface area (Å²) in [7, 11) is 0. The highest BCUT2D eigenvalue weighted by Gasteiger charge is 2.76. The van der Waals surface area contributed by atoms with Crippen LogP contribution in [0.15, 0.2) is 18.6 Å². The molecule has 2 saturated carbocycles. The van der Waals surface area contributed by atoms with E-state index in [0.29, 0.717) is 11.7 Å². The first-order chi connectivity index (χ1) is 11.0. The number of aliphatic hydroxyl groups excluding tert-OH is 1. The van der Waals surface area contributed by atoms with Crippen LogP contribution in [-0.4, -0.2) is 44.2 Å². The molecule has 2 aromatic rings. The molecule has 0 amide bonds. The zero-order valence-corrected chi connectivity index (χ0v) is 13.1. The third-order valence-corrected chi connectivity index (χ3v) is 5.76. The lowest BCUT2D eigenvalue weighted by Gasteiger charge is -2.25. The van der Waals surface area contributed by atoms with Crippen LogP contribution in [0.5, 0.6) is 0 Å². The number of nitrogen functional groups attached to an aromatic ring is 1. The minimum atomic E-state index is -0.625. The summed E-state index contributed by atoms with van der Waals surface area (Å²) in [5.74, 6) is 0.295. The first-order valence-electron chi connectivity index (χ1n) is 8.02. The van der Waals surface area contributed by atoms with E-state index in [1.807, 2.05) is 26.1 Å². The van der Waals surface area contributed by atoms with Crippen LogP contribution in [0.1, 0.15) is 20.3 Å². The predicted octanol–water partition coefficient (Wildman–Crippen LogP) is 0.871. The molecule has 5 rings (SSSR count). The minimum absolute atomic E-state index is 0.0774. The van der Waals surface area contributed by atoms with Gasteiger partial charge in [-0.25, -0.2) is 9.97 Å². The topological polar surface area (TPSA) is 95.4 Å². The Hall–Kier alpha value is -1.70. The van der Waals surface area contributed by atoms with Gasteiger partial charge in [0.05, 0.1) is 17.0 Å². The van der Waals surface area contributed by atoms with Crippen LogP contribution in [0.4, 0.5) is 5.82 Å². The Balaban J connectivity index is 1.66. The molecule has 122 valence electrons. The van der Waals surface area contributed by atoms with E-state index in [1.165, 1.54) is 6.33 Å². The maximum Gasteiger partial charge on any atom is 0.163 e. The highest BCUT2D eigenvalue weighted by atomic mass is 16.8. The third-order valence-electron chi connectivity index (χ3n) is 5.76. The van der Waals surface area contributed by atoms with E-state index in [0.717, 1.165) is 17.5 Å². The summed E-state index contributed by atoms with van der Waals surface area (Å²) in [5, 5.41) is 10.7. The second-order valence-electron chi connectivity index (χ2n) is 7.35. The molecule has 2 aromatic heterocycles. The monoisotopic (exact) mass is 316 g/mol. The normalized spacial score (nSPS) is 40.3. The van der Waals surface area contributed by atoms with Crippen molar-refractivity contribution in [1.82, 2.24) is 14.5 Å². The molecule has 0 unspecified atom stereocenters. The Kier molecular flexibility index (Phi) is 2.40. The average Bonchev–Trinajstić information content (AvgIpc) is 2.82. The van der Waals surface area contributed by atoms with Crippen molar-refractivity contribution in [2.24, 2.45) is 11.8 Å². The summed E-state index contributed by atoms with van der Waals surface area (Å²) in [6, 6.07) is 1.96. The Bertz CT molecular complexity index is 804. The van der Waals surface area contributed by atoms with Gasteiger partial charge in [0.1, 0.15) is 23.9 Å². The number of aliphatic hydroxyl groups is 1. The number of hydrogen-bond acceptors (Lipinski definition) is 6. The van der Waals surface area contributed by atoms with E-state index >= 15 is 0 Å². The predicted molar refractivity (Wildman–Crippen MR) is 82.4 cm³/mol. The Morgan fingerprint density at radius 2 is 2.22 bits per heavy atom. The number of hydrogen-bond donors (Lipinski definition) is 2. The largest absolute Gasteiger partial charge is 0.396 e. The second-order valence-corrected chi connectivity index (χ2v) is 7.35. The van der Waals surface area contributed by atoms with Crippen molar-refractivity contribution in [1.29, 1.82) is 0 Å². The number of nitrogens with zero attached hydrogens (tertiary/aromatic N) is 3. The maximum absolute atomic E-state index is 9.86. The molecule has 2 aliphatic carbocycles. The fourth-order valence-corrected chi connectivity index (χ4v) is 4.81. The lowest BCUT2D eigenvalue weighted by molar-refractivity contribution is -0.162. The molecule has 1 aliphatic heterocycles. The van der Waals surface area contributed by atoms with E-state index in [4.69, 9.17) is 15.2 Å². The molecule has 0 spiro atoms. The molecule has 3 fully saturated rings. The molecule has 0 aromatic carbocycles. The summed E-state index contributed by atoms with van der Waals surface area (Å²) in [5.41, 5.74) is 6.59. The van der Waals surface area contributed by atoms with Crippen molar-refractivity contribution in [3.63, 3.8) is 0 Å². The van der Waals surface area contributed by atoms with Gasteiger partial charge in [-0.1, -0.05) is 0 Å². The number of ether oxygens (including phenoxy) is 2. The van der Waals surface area contributed by atoms with Gasteiger partial charge in [0.25, 0.3) is 0 Å². The Morgan fingerprint density at radius 1 is 1.39 bits per heavy atom. The molecule has 0 bridgehead atoms. The Labute approximate surface area is 133 Å². The second kappa shape index (κ2) is 4.03. The summed E-state index contributed by atoms with van der Waals surface area (Å²) in [6.07, 6.45) is 4.32. The molecule has 5 atom stereocenters. The SMILES string of the molecule is CC1(C)O[C@@H]2[C@@H](CO)[C@@H]3C[C@]3(n3ccc4c(N)ncnc43)[C@@H]2O1. The van der Waals surface area contributed by atoms with Crippen molar-refractivity contribution < 1.29 is 14.6 Å². The number of aromatic nitrogens is 3. The molecule has 3 heterocycles. The van der Waals surface area contributed by atoms with Crippen molar-refractivity contribution in [2.75, 3.05) is 12.3 Å². The van der Waals surface area contributed by atoms with Gasteiger partial charge < -0.3 is 24.9 Å². The van der Waals surface area contributed by atoms with Crippen molar-refractivity contribution >= 4 is 16.9 Å². The molecule has 1 saturated heterocycles. The standard InChI is InChI=1S/C16H20N4O3/c1-15(2)22-11-9(6-21)10-5-16(10,12(11)23-15)20-4-3-8-13(17)18-7-19-14(8)20/h3-4,7,9-12,21H,5-6H2,1-2H3,(H2,17,18,19)/t9-,10-,11+,12+,16+/m0/s1. The van der Waals surface area contributed by atoms with E-state index in [-0.39, 0.29) is 30.3 Å². The summed E-state index contributed by atoms with van der Waals surface area (Å²) >= 11 is 0. The molecule has 7 nitrogen and oxygen atoms in total. The number of rotatable bonds is 2. The fraction of sp³-hybridized carbons (Fsp3) is 0.625. The van der Waals surface area contributed by atoms with E-state index in [9.17, 15) is 5.11 Å². The quantitative estimate of drug-likeness (QED) is 0.853. The minimum Gasteiger partial charge on any atom is -0.396 e. The molecular weight excluding hydrogens is 296 g/mol. The van der Waals surface area contributed by atoms with E-state index < -0.39 is 5.79 Å². The molecule has 3 N–H and O–H groups in total. The summed E-state index contributed by atoms with van der Waals surface area (Å²) < 4.78 is 14.5. The van der Waals surface area contributed by atoms with E-state index in [2.05, 4.69) is 14.5 Å². The number of nitrogens with two attached hydrogens (primary N) is 1.